The zero-order chi connectivity index (χ0) is 12.7. The second kappa shape index (κ2) is 37.9. The molecule has 0 radical (unpaired) electrons. The van der Waals surface area contributed by atoms with Gasteiger partial charge in [-0.2, -0.15) is 109 Å². The van der Waals surface area contributed by atoms with Crippen LogP contribution in [-0.2, 0) is 17.1 Å². The van der Waals surface area contributed by atoms with Crippen molar-refractivity contribution in [3.63, 3.8) is 0 Å². The van der Waals surface area contributed by atoms with Crippen LogP contribution in [0.5, 0.6) is 0 Å². The van der Waals surface area contributed by atoms with Crippen molar-refractivity contribution in [1.82, 2.24) is 0 Å². The third-order valence-electron chi connectivity index (χ3n) is 1.82. The van der Waals surface area contributed by atoms with Crippen molar-refractivity contribution in [2.24, 2.45) is 0 Å². The minimum absolute atomic E-state index is 0. The van der Waals surface area contributed by atoms with Crippen LogP contribution in [0, 0.1) is 18.2 Å². The van der Waals surface area contributed by atoms with Crippen molar-refractivity contribution in [2.75, 3.05) is 0 Å². The maximum Gasteiger partial charge on any atom is 1.00 e. The summed E-state index contributed by atoms with van der Waals surface area (Å²) in [4.78, 5) is 0. The molecular formula is C18H26CuO6-3. The molecule has 0 saturated heterocycles. The van der Waals surface area contributed by atoms with Crippen molar-refractivity contribution >= 4 is 0 Å². The Balaban J connectivity index is -0.0000000341. The molecule has 0 bridgehead atoms. The Morgan fingerprint density at radius 3 is 0.520 bits per heavy atom. The Labute approximate surface area is 159 Å². The monoisotopic (exact) mass is 401 g/mol. The molecule has 0 aliphatic heterocycles. The van der Waals surface area contributed by atoms with E-state index in [9.17, 15) is 0 Å². The predicted molar refractivity (Wildman–Crippen MR) is 95.8 cm³/mol. The minimum atomic E-state index is 0. The van der Waals surface area contributed by atoms with E-state index in [0.717, 1.165) is 0 Å². The van der Waals surface area contributed by atoms with Crippen molar-refractivity contribution in [3.8, 4) is 0 Å². The van der Waals surface area contributed by atoms with Gasteiger partial charge in [0.15, 0.2) is 0 Å². The Morgan fingerprint density at radius 1 is 0.320 bits per heavy atom. The molecule has 0 amide bonds. The molecule has 6 nitrogen and oxygen atoms in total. The fourth-order valence-corrected chi connectivity index (χ4v) is 1.03. The van der Waals surface area contributed by atoms with E-state index in [1.807, 2.05) is 91.0 Å². The zero-order valence-corrected chi connectivity index (χ0v) is 14.4. The van der Waals surface area contributed by atoms with E-state index in [2.05, 4.69) is 18.2 Å². The Morgan fingerprint density at radius 2 is 0.480 bits per heavy atom. The first-order chi connectivity index (χ1) is 9.00. The molecule has 25 heavy (non-hydrogen) atoms. The molecule has 0 saturated carbocycles. The van der Waals surface area contributed by atoms with Crippen molar-refractivity contribution in [3.05, 3.63) is 109 Å². The third-order valence-corrected chi connectivity index (χ3v) is 1.82. The second-order valence-electron chi connectivity index (χ2n) is 3.23. The summed E-state index contributed by atoms with van der Waals surface area (Å²) in [6, 6.07) is 37.5. The first-order valence-electron chi connectivity index (χ1n) is 5.73. The van der Waals surface area contributed by atoms with Gasteiger partial charge in [0, 0.05) is 0 Å². The summed E-state index contributed by atoms with van der Waals surface area (Å²) in [5.74, 6) is 0. The molecule has 3 rings (SSSR count). The van der Waals surface area contributed by atoms with Gasteiger partial charge in [-0.3, -0.25) is 0 Å². The fourth-order valence-electron chi connectivity index (χ4n) is 1.03. The van der Waals surface area contributed by atoms with E-state index in [0.29, 0.717) is 0 Å². The minimum Gasteiger partial charge on any atom is -0.870 e. The summed E-state index contributed by atoms with van der Waals surface area (Å²) < 4.78 is 0. The smallest absolute Gasteiger partial charge is 0.870 e. The van der Waals surface area contributed by atoms with E-state index < -0.39 is 0 Å². The van der Waals surface area contributed by atoms with Gasteiger partial charge in [0.05, 0.1) is 0 Å². The third kappa shape index (κ3) is 34.3. The number of rotatable bonds is 0. The first-order valence-corrected chi connectivity index (χ1v) is 5.73. The van der Waals surface area contributed by atoms with Gasteiger partial charge in [-0.1, -0.05) is 0 Å². The van der Waals surface area contributed by atoms with Crippen LogP contribution in [0.25, 0.3) is 0 Å². The quantitative estimate of drug-likeness (QED) is 0.376. The van der Waals surface area contributed by atoms with Crippen LogP contribution >= 0.6 is 0 Å². The average molecular weight is 402 g/mol. The first kappa shape index (κ1) is 43.5. The van der Waals surface area contributed by atoms with Gasteiger partial charge in [-0.15, -0.1) is 0 Å². The average Bonchev–Trinajstić information content (AvgIpc) is 2.54. The van der Waals surface area contributed by atoms with E-state index in [1.165, 1.54) is 0 Å². The molecule has 0 spiro atoms. The number of hydrogen-bond donors (Lipinski definition) is 0. The van der Waals surface area contributed by atoms with Gasteiger partial charge in [-0.05, 0) is 0 Å². The van der Waals surface area contributed by atoms with Crippen LogP contribution < -0.4 is 0 Å². The van der Waals surface area contributed by atoms with Crippen LogP contribution in [0.3, 0.4) is 0 Å². The van der Waals surface area contributed by atoms with Gasteiger partial charge >= 0.3 is 17.1 Å². The van der Waals surface area contributed by atoms with Crippen molar-refractivity contribution < 1.29 is 49.9 Å². The molecule has 7 heteroatoms. The molecule has 3 aromatic rings. The van der Waals surface area contributed by atoms with Gasteiger partial charge < -0.3 is 32.9 Å². The van der Waals surface area contributed by atoms with Crippen LogP contribution in [0.4, 0.5) is 0 Å². The molecule has 3 aromatic carbocycles. The maximum atomic E-state index is 2.89. The molecule has 0 aliphatic rings. The molecule has 0 aliphatic carbocycles. The number of hydrogen-bond acceptors (Lipinski definition) is 1. The van der Waals surface area contributed by atoms with E-state index in [4.69, 9.17) is 0 Å². The Hall–Kier alpha value is -2.06. The summed E-state index contributed by atoms with van der Waals surface area (Å²) in [5.41, 5.74) is 0. The summed E-state index contributed by atoms with van der Waals surface area (Å²) in [5, 5.41) is 0. The number of benzene rings is 3. The molecule has 0 fully saturated rings. The van der Waals surface area contributed by atoms with Crippen LogP contribution in [-0.4, -0.2) is 32.9 Å². The largest absolute Gasteiger partial charge is 1.00 e. The molecule has 0 unspecified atom stereocenters. The fraction of sp³-hybridized carbons (Fsp3) is 0. The topological polar surface area (TPSA) is 188 Å². The van der Waals surface area contributed by atoms with Gasteiger partial charge in [-0.25, -0.2) is 0 Å². The molecule has 11 N–H and O–H groups in total. The molecule has 0 aromatic heterocycles. The SMILES string of the molecule is O.O.O.O.O.[Cu+].[OH-].[c-]1ccccc1.[c-]1ccccc1.[c-]1ccccc1. The molecule has 0 heterocycles. The van der Waals surface area contributed by atoms with Crippen LogP contribution in [0.2, 0.25) is 0 Å². The summed E-state index contributed by atoms with van der Waals surface area (Å²) in [6.45, 7) is 0. The van der Waals surface area contributed by atoms with Crippen LogP contribution in [0.15, 0.2) is 91.0 Å². The molecule has 148 valence electrons. The summed E-state index contributed by atoms with van der Waals surface area (Å²) in [7, 11) is 0. The van der Waals surface area contributed by atoms with E-state index in [-0.39, 0.29) is 49.9 Å². The predicted octanol–water partition coefficient (Wildman–Crippen LogP) is 0.158. The standard InChI is InChI=1S/3C6H5.Cu.6H2O/c3*1-2-4-6-5-3-1;;;;;;;/h3*1-5H;;6*1H2/q3*-1;+1;;;;;;/p-1. The van der Waals surface area contributed by atoms with E-state index >= 15 is 0 Å². The maximum absolute atomic E-state index is 2.89. The summed E-state index contributed by atoms with van der Waals surface area (Å²) in [6.07, 6.45) is 0. The van der Waals surface area contributed by atoms with Crippen molar-refractivity contribution in [2.45, 2.75) is 0 Å². The molecular weight excluding hydrogens is 376 g/mol. The second-order valence-corrected chi connectivity index (χ2v) is 3.23. The normalized spacial score (nSPS) is 5.76. The zero-order valence-electron chi connectivity index (χ0n) is 13.4. The Bertz CT molecular complexity index is 316. The van der Waals surface area contributed by atoms with Crippen LogP contribution in [0.1, 0.15) is 0 Å². The molecule has 0 atom stereocenters. The van der Waals surface area contributed by atoms with Crippen molar-refractivity contribution in [1.29, 1.82) is 0 Å². The van der Waals surface area contributed by atoms with E-state index in [1.54, 1.807) is 0 Å². The van der Waals surface area contributed by atoms with Gasteiger partial charge in [0.1, 0.15) is 0 Å². The van der Waals surface area contributed by atoms with Gasteiger partial charge in [0.2, 0.25) is 0 Å². The Kier molecular flexibility index (Phi) is 65.8. The summed E-state index contributed by atoms with van der Waals surface area (Å²) >= 11 is 0. The van der Waals surface area contributed by atoms with Gasteiger partial charge in [0.25, 0.3) is 0 Å².